The first-order valence-corrected chi connectivity index (χ1v) is 6.27. The van der Waals surface area contributed by atoms with Gasteiger partial charge in [0.05, 0.1) is 0 Å². The summed E-state index contributed by atoms with van der Waals surface area (Å²) >= 11 is 0. The molecule has 0 fully saturated rings. The lowest BCUT2D eigenvalue weighted by Crippen LogP contribution is -2.10. The molecular weight excluding hydrogens is 224 g/mol. The van der Waals surface area contributed by atoms with Crippen LogP contribution in [0.15, 0.2) is 29.8 Å². The number of carboxylic acids is 1. The molecule has 0 atom stereocenters. The standard InChI is InChI=1S/C16H22O2/c1-11(2)14(15(17)18)10-12-6-8-13(9-7-12)16(3,4)5/h6-11H,1-5H3,(H,17,18)/b14-10+. The molecule has 0 unspecified atom stereocenters. The van der Waals surface area contributed by atoms with Crippen molar-refractivity contribution in [3.8, 4) is 0 Å². The van der Waals surface area contributed by atoms with Crippen LogP contribution in [0.2, 0.25) is 0 Å². The van der Waals surface area contributed by atoms with Crippen LogP contribution in [0.1, 0.15) is 45.7 Å². The lowest BCUT2D eigenvalue weighted by atomic mass is 9.86. The molecule has 0 saturated heterocycles. The predicted octanol–water partition coefficient (Wildman–Crippen LogP) is 4.11. The second-order valence-corrected chi connectivity index (χ2v) is 5.93. The highest BCUT2D eigenvalue weighted by Crippen LogP contribution is 2.23. The van der Waals surface area contributed by atoms with Crippen molar-refractivity contribution in [3.05, 3.63) is 41.0 Å². The van der Waals surface area contributed by atoms with E-state index in [1.807, 2.05) is 26.0 Å². The van der Waals surface area contributed by atoms with Crippen LogP contribution in [0, 0.1) is 5.92 Å². The van der Waals surface area contributed by atoms with Crippen LogP contribution in [0.5, 0.6) is 0 Å². The maximum atomic E-state index is 11.1. The van der Waals surface area contributed by atoms with E-state index < -0.39 is 5.97 Å². The van der Waals surface area contributed by atoms with Gasteiger partial charge in [0.25, 0.3) is 0 Å². The maximum absolute atomic E-state index is 11.1. The smallest absolute Gasteiger partial charge is 0.331 e. The Kier molecular flexibility index (Phi) is 4.33. The zero-order valence-corrected chi connectivity index (χ0v) is 11.8. The van der Waals surface area contributed by atoms with E-state index in [0.29, 0.717) is 5.57 Å². The van der Waals surface area contributed by atoms with Crippen LogP contribution in [-0.2, 0) is 10.2 Å². The average Bonchev–Trinajstić information content (AvgIpc) is 2.24. The number of hydrogen-bond donors (Lipinski definition) is 1. The molecular formula is C16H22O2. The first-order chi connectivity index (χ1) is 8.21. The number of rotatable bonds is 3. The van der Waals surface area contributed by atoms with E-state index >= 15 is 0 Å². The number of aliphatic carboxylic acids is 1. The molecule has 0 spiro atoms. The van der Waals surface area contributed by atoms with Gasteiger partial charge in [-0.25, -0.2) is 4.79 Å². The van der Waals surface area contributed by atoms with E-state index in [9.17, 15) is 4.79 Å². The van der Waals surface area contributed by atoms with Crippen LogP contribution in [0.3, 0.4) is 0 Å². The molecule has 0 amide bonds. The molecule has 98 valence electrons. The third-order valence-corrected chi connectivity index (χ3v) is 2.97. The molecule has 0 radical (unpaired) electrons. The fraction of sp³-hybridized carbons (Fsp3) is 0.438. The molecule has 0 aromatic heterocycles. The Morgan fingerprint density at radius 1 is 1.17 bits per heavy atom. The minimum absolute atomic E-state index is 0.0183. The highest BCUT2D eigenvalue weighted by atomic mass is 16.4. The van der Waals surface area contributed by atoms with E-state index in [2.05, 4.69) is 32.9 Å². The van der Waals surface area contributed by atoms with Crippen molar-refractivity contribution in [2.24, 2.45) is 5.92 Å². The summed E-state index contributed by atoms with van der Waals surface area (Å²) in [6.07, 6.45) is 1.75. The fourth-order valence-corrected chi connectivity index (χ4v) is 1.73. The summed E-state index contributed by atoms with van der Waals surface area (Å²) < 4.78 is 0. The van der Waals surface area contributed by atoms with Crippen molar-refractivity contribution < 1.29 is 9.90 Å². The van der Waals surface area contributed by atoms with E-state index in [0.717, 1.165) is 5.56 Å². The van der Waals surface area contributed by atoms with Crippen molar-refractivity contribution in [3.63, 3.8) is 0 Å². The molecule has 0 aliphatic heterocycles. The molecule has 0 heterocycles. The van der Waals surface area contributed by atoms with Crippen LogP contribution in [0.25, 0.3) is 6.08 Å². The molecule has 18 heavy (non-hydrogen) atoms. The van der Waals surface area contributed by atoms with Crippen LogP contribution in [0.4, 0.5) is 0 Å². The summed E-state index contributed by atoms with van der Waals surface area (Å²) in [6.45, 7) is 10.3. The molecule has 2 heteroatoms. The molecule has 1 aromatic rings. The van der Waals surface area contributed by atoms with Gasteiger partial charge in [-0.1, -0.05) is 58.9 Å². The monoisotopic (exact) mass is 246 g/mol. The van der Waals surface area contributed by atoms with Crippen molar-refractivity contribution in [1.29, 1.82) is 0 Å². The molecule has 0 bridgehead atoms. The molecule has 0 aliphatic rings. The van der Waals surface area contributed by atoms with E-state index in [1.54, 1.807) is 6.08 Å². The molecule has 1 rings (SSSR count). The van der Waals surface area contributed by atoms with Gasteiger partial charge >= 0.3 is 5.97 Å². The normalized spacial score (nSPS) is 12.9. The second kappa shape index (κ2) is 5.38. The van der Waals surface area contributed by atoms with Gasteiger partial charge in [-0.05, 0) is 28.5 Å². The summed E-state index contributed by atoms with van der Waals surface area (Å²) in [5, 5.41) is 9.12. The Bertz CT molecular complexity index is 445. The quantitative estimate of drug-likeness (QED) is 0.815. The lowest BCUT2D eigenvalue weighted by molar-refractivity contribution is -0.133. The van der Waals surface area contributed by atoms with Gasteiger partial charge in [0.15, 0.2) is 0 Å². The summed E-state index contributed by atoms with van der Waals surface area (Å²) in [5.41, 5.74) is 2.75. The third-order valence-electron chi connectivity index (χ3n) is 2.97. The topological polar surface area (TPSA) is 37.3 Å². The Morgan fingerprint density at radius 2 is 1.67 bits per heavy atom. The number of benzene rings is 1. The van der Waals surface area contributed by atoms with Gasteiger partial charge < -0.3 is 5.11 Å². The summed E-state index contributed by atoms with van der Waals surface area (Å²) in [5.74, 6) is -0.824. The van der Waals surface area contributed by atoms with E-state index in [-0.39, 0.29) is 11.3 Å². The Hall–Kier alpha value is -1.57. The number of carboxylic acid groups (broad SMARTS) is 1. The third kappa shape index (κ3) is 3.73. The lowest BCUT2D eigenvalue weighted by Gasteiger charge is -2.18. The van der Waals surface area contributed by atoms with Crippen molar-refractivity contribution in [1.82, 2.24) is 0 Å². The number of carbonyl (C=O) groups is 1. The van der Waals surface area contributed by atoms with Crippen LogP contribution in [-0.4, -0.2) is 11.1 Å². The fourth-order valence-electron chi connectivity index (χ4n) is 1.73. The van der Waals surface area contributed by atoms with Crippen molar-refractivity contribution in [2.75, 3.05) is 0 Å². The minimum Gasteiger partial charge on any atom is -0.478 e. The molecule has 2 nitrogen and oxygen atoms in total. The van der Waals surface area contributed by atoms with Gasteiger partial charge in [0, 0.05) is 5.57 Å². The van der Waals surface area contributed by atoms with Gasteiger partial charge in [-0.2, -0.15) is 0 Å². The second-order valence-electron chi connectivity index (χ2n) is 5.93. The number of hydrogen-bond acceptors (Lipinski definition) is 1. The van der Waals surface area contributed by atoms with Crippen molar-refractivity contribution in [2.45, 2.75) is 40.0 Å². The van der Waals surface area contributed by atoms with E-state index in [1.165, 1.54) is 5.56 Å². The maximum Gasteiger partial charge on any atom is 0.331 e. The average molecular weight is 246 g/mol. The van der Waals surface area contributed by atoms with Gasteiger partial charge in [0.2, 0.25) is 0 Å². The minimum atomic E-state index is -0.843. The molecule has 0 aliphatic carbocycles. The first-order valence-electron chi connectivity index (χ1n) is 6.27. The zero-order chi connectivity index (χ0) is 13.9. The summed E-state index contributed by atoms with van der Waals surface area (Å²) in [4.78, 5) is 11.1. The SMILES string of the molecule is CC(C)/C(=C\c1ccc(C(C)(C)C)cc1)C(=O)O. The highest BCUT2D eigenvalue weighted by Gasteiger charge is 2.14. The molecule has 0 saturated carbocycles. The summed E-state index contributed by atoms with van der Waals surface area (Å²) in [7, 11) is 0. The Balaban J connectivity index is 3.06. The first kappa shape index (κ1) is 14.5. The summed E-state index contributed by atoms with van der Waals surface area (Å²) in [6, 6.07) is 8.08. The predicted molar refractivity (Wildman–Crippen MR) is 75.6 cm³/mol. The van der Waals surface area contributed by atoms with Gasteiger partial charge in [-0.15, -0.1) is 0 Å². The molecule has 1 N–H and O–H groups in total. The van der Waals surface area contributed by atoms with Gasteiger partial charge in [0.1, 0.15) is 0 Å². The Labute approximate surface area is 109 Å². The van der Waals surface area contributed by atoms with Crippen LogP contribution < -0.4 is 0 Å². The van der Waals surface area contributed by atoms with Crippen LogP contribution >= 0.6 is 0 Å². The van der Waals surface area contributed by atoms with Gasteiger partial charge in [-0.3, -0.25) is 0 Å². The Morgan fingerprint density at radius 3 is 2.00 bits per heavy atom. The highest BCUT2D eigenvalue weighted by molar-refractivity contribution is 5.92. The largest absolute Gasteiger partial charge is 0.478 e. The van der Waals surface area contributed by atoms with Crippen molar-refractivity contribution >= 4 is 12.0 Å². The van der Waals surface area contributed by atoms with E-state index in [4.69, 9.17) is 5.11 Å². The zero-order valence-electron chi connectivity index (χ0n) is 11.8. The molecule has 1 aromatic carbocycles.